The highest BCUT2D eigenvalue weighted by atomic mass is 19.1. The molecule has 5 N–H and O–H groups in total. The van der Waals surface area contributed by atoms with Gasteiger partial charge < -0.3 is 5.32 Å². The summed E-state index contributed by atoms with van der Waals surface area (Å²) < 4.78 is 13.3. The van der Waals surface area contributed by atoms with Crippen molar-refractivity contribution < 1.29 is 4.39 Å². The van der Waals surface area contributed by atoms with E-state index in [1.165, 1.54) is 18.2 Å². The number of rotatable bonds is 3. The summed E-state index contributed by atoms with van der Waals surface area (Å²) in [6.45, 7) is 0. The Morgan fingerprint density at radius 2 is 2.19 bits per heavy atom. The van der Waals surface area contributed by atoms with Crippen LogP contribution in [0, 0.1) is 17.1 Å². The quantitative estimate of drug-likeness (QED) is 0.422. The van der Waals surface area contributed by atoms with Crippen LogP contribution in [0.1, 0.15) is 5.56 Å². The van der Waals surface area contributed by atoms with Crippen LogP contribution in [0.2, 0.25) is 0 Å². The molecule has 1 aromatic carbocycles. The summed E-state index contributed by atoms with van der Waals surface area (Å²) in [4.78, 5) is 8.26. The third kappa shape index (κ3) is 2.31. The number of H-pyrrole nitrogens is 1. The third-order valence-electron chi connectivity index (χ3n) is 2.79. The van der Waals surface area contributed by atoms with E-state index in [1.54, 1.807) is 12.3 Å². The minimum Gasteiger partial charge on any atom is -0.339 e. The number of aromatic nitrogens is 4. The number of nitrogens with zero attached hydrogens (tertiary/aromatic N) is 4. The summed E-state index contributed by atoms with van der Waals surface area (Å²) in [6.07, 6.45) is 1.55. The van der Waals surface area contributed by atoms with Crippen LogP contribution in [0.15, 0.2) is 24.4 Å². The molecule has 3 aromatic rings. The van der Waals surface area contributed by atoms with Gasteiger partial charge in [0.1, 0.15) is 17.7 Å². The number of nitriles is 1. The van der Waals surface area contributed by atoms with Gasteiger partial charge in [0.25, 0.3) is 0 Å². The second kappa shape index (κ2) is 5.03. The molecule has 8 nitrogen and oxygen atoms in total. The zero-order chi connectivity index (χ0) is 14.8. The molecule has 0 unspecified atom stereocenters. The molecular weight excluding hydrogens is 275 g/mol. The molecule has 0 radical (unpaired) electrons. The molecule has 3 rings (SSSR count). The van der Waals surface area contributed by atoms with Crippen LogP contribution in [-0.2, 0) is 0 Å². The molecule has 0 amide bonds. The molecular formula is C12H9FN8. The topological polar surface area (TPSA) is 128 Å². The first-order valence-corrected chi connectivity index (χ1v) is 5.85. The zero-order valence-corrected chi connectivity index (χ0v) is 10.6. The van der Waals surface area contributed by atoms with E-state index >= 15 is 0 Å². The summed E-state index contributed by atoms with van der Waals surface area (Å²) >= 11 is 0. The fraction of sp³-hybridized carbons (Fsp3) is 0. The molecule has 0 aliphatic rings. The van der Waals surface area contributed by atoms with Gasteiger partial charge in [-0.05, 0) is 18.2 Å². The fourth-order valence-electron chi connectivity index (χ4n) is 1.82. The minimum absolute atomic E-state index is 0.0605. The van der Waals surface area contributed by atoms with Crippen LogP contribution in [0.25, 0.3) is 11.0 Å². The van der Waals surface area contributed by atoms with Crippen molar-refractivity contribution in [1.82, 2.24) is 20.2 Å². The zero-order valence-electron chi connectivity index (χ0n) is 10.6. The number of halogens is 1. The van der Waals surface area contributed by atoms with Gasteiger partial charge in [0.05, 0.1) is 17.1 Å². The van der Waals surface area contributed by atoms with Gasteiger partial charge in [0, 0.05) is 5.69 Å². The molecule has 2 aromatic heterocycles. The Hall–Kier alpha value is -3.25. The largest absolute Gasteiger partial charge is 0.339 e. The lowest BCUT2D eigenvalue weighted by Gasteiger charge is -2.08. The first kappa shape index (κ1) is 12.8. The Bertz CT molecular complexity index is 850. The van der Waals surface area contributed by atoms with Gasteiger partial charge in [-0.25, -0.2) is 10.2 Å². The highest BCUT2D eigenvalue weighted by molar-refractivity contribution is 5.89. The predicted molar refractivity (Wildman–Crippen MR) is 73.9 cm³/mol. The number of hydrogen-bond donors (Lipinski definition) is 4. The summed E-state index contributed by atoms with van der Waals surface area (Å²) in [6, 6.07) is 5.87. The molecule has 9 heteroatoms. The van der Waals surface area contributed by atoms with Crippen molar-refractivity contribution in [2.45, 2.75) is 0 Å². The van der Waals surface area contributed by atoms with Gasteiger partial charge >= 0.3 is 0 Å². The average Bonchev–Trinajstić information content (AvgIpc) is 2.97. The maximum atomic E-state index is 13.3. The first-order valence-electron chi connectivity index (χ1n) is 5.85. The van der Waals surface area contributed by atoms with Crippen LogP contribution in [0.5, 0.6) is 0 Å². The molecule has 0 aliphatic carbocycles. The highest BCUT2D eigenvalue weighted by Crippen LogP contribution is 2.24. The van der Waals surface area contributed by atoms with Crippen LogP contribution >= 0.6 is 0 Å². The van der Waals surface area contributed by atoms with Crippen LogP contribution in [-0.4, -0.2) is 20.2 Å². The number of fused-ring (bicyclic) bond motifs is 1. The highest BCUT2D eigenvalue weighted by Gasteiger charge is 2.10. The van der Waals surface area contributed by atoms with Crippen molar-refractivity contribution in [2.75, 3.05) is 10.7 Å². The standard InChI is InChI=1S/C12H9FN8/c13-9-2-1-7(3-6(9)4-14)17-10-8-5-16-21-11(8)19-12(18-10)20-15/h1-3,5H,15H2,(H3,16,17,18,19,20,21). The van der Waals surface area contributed by atoms with Crippen molar-refractivity contribution in [3.63, 3.8) is 0 Å². The maximum absolute atomic E-state index is 13.3. The molecule has 2 heterocycles. The second-order valence-electron chi connectivity index (χ2n) is 4.10. The van der Waals surface area contributed by atoms with E-state index < -0.39 is 5.82 Å². The first-order chi connectivity index (χ1) is 10.2. The van der Waals surface area contributed by atoms with Crippen molar-refractivity contribution in [1.29, 1.82) is 5.26 Å². The summed E-state index contributed by atoms with van der Waals surface area (Å²) in [5, 5.41) is 19.0. The fourth-order valence-corrected chi connectivity index (χ4v) is 1.82. The lowest BCUT2D eigenvalue weighted by molar-refractivity contribution is 0.624. The van der Waals surface area contributed by atoms with Gasteiger partial charge in [0.15, 0.2) is 5.65 Å². The van der Waals surface area contributed by atoms with Crippen molar-refractivity contribution in [3.8, 4) is 6.07 Å². The van der Waals surface area contributed by atoms with Crippen LogP contribution < -0.4 is 16.6 Å². The molecule has 0 spiro atoms. The molecule has 0 atom stereocenters. The average molecular weight is 284 g/mol. The van der Waals surface area contributed by atoms with E-state index in [0.717, 1.165) is 0 Å². The van der Waals surface area contributed by atoms with Gasteiger partial charge in [0.2, 0.25) is 5.95 Å². The number of hydrazine groups is 1. The maximum Gasteiger partial charge on any atom is 0.241 e. The lowest BCUT2D eigenvalue weighted by atomic mass is 10.2. The Labute approximate surface area is 117 Å². The molecule has 0 aliphatic heterocycles. The predicted octanol–water partition coefficient (Wildman–Crippen LogP) is 1.39. The monoisotopic (exact) mass is 284 g/mol. The Morgan fingerprint density at radius 1 is 1.33 bits per heavy atom. The van der Waals surface area contributed by atoms with Gasteiger partial charge in [-0.1, -0.05) is 0 Å². The number of hydrogen-bond acceptors (Lipinski definition) is 7. The van der Waals surface area contributed by atoms with E-state index in [4.69, 9.17) is 11.1 Å². The Balaban J connectivity index is 2.05. The number of nitrogens with two attached hydrogens (primary N) is 1. The minimum atomic E-state index is -0.580. The van der Waals surface area contributed by atoms with E-state index in [9.17, 15) is 4.39 Å². The van der Waals surface area contributed by atoms with E-state index in [0.29, 0.717) is 22.5 Å². The normalized spacial score (nSPS) is 10.3. The second-order valence-corrected chi connectivity index (χ2v) is 4.10. The third-order valence-corrected chi connectivity index (χ3v) is 2.79. The van der Waals surface area contributed by atoms with Crippen molar-refractivity contribution in [2.24, 2.45) is 5.84 Å². The number of aromatic amines is 1. The molecule has 0 fully saturated rings. The lowest BCUT2D eigenvalue weighted by Crippen LogP contribution is -2.11. The summed E-state index contributed by atoms with van der Waals surface area (Å²) in [7, 11) is 0. The Kier molecular flexibility index (Phi) is 3.06. The van der Waals surface area contributed by atoms with Crippen LogP contribution in [0.3, 0.4) is 0 Å². The van der Waals surface area contributed by atoms with E-state index in [1.807, 2.05) is 0 Å². The van der Waals surface area contributed by atoms with Gasteiger partial charge in [-0.15, -0.1) is 0 Å². The molecule has 0 bridgehead atoms. The van der Waals surface area contributed by atoms with Gasteiger partial charge in [-0.2, -0.15) is 20.3 Å². The van der Waals surface area contributed by atoms with E-state index in [-0.39, 0.29) is 11.5 Å². The molecule has 0 saturated heterocycles. The summed E-state index contributed by atoms with van der Waals surface area (Å²) in [5.74, 6) is 5.35. The van der Waals surface area contributed by atoms with Crippen LogP contribution in [0.4, 0.5) is 21.8 Å². The smallest absolute Gasteiger partial charge is 0.241 e. The van der Waals surface area contributed by atoms with Crippen molar-refractivity contribution >= 4 is 28.5 Å². The number of nitrogens with one attached hydrogen (secondary N) is 3. The molecule has 0 saturated carbocycles. The SMILES string of the molecule is N#Cc1cc(Nc2nc(NN)nc3[nH]ncc23)ccc1F. The van der Waals surface area contributed by atoms with Gasteiger partial charge in [-0.3, -0.25) is 10.5 Å². The molecule has 21 heavy (non-hydrogen) atoms. The number of benzene rings is 1. The summed E-state index contributed by atoms with van der Waals surface area (Å²) in [5.41, 5.74) is 3.28. The number of anilines is 3. The number of nitrogen functional groups attached to an aromatic ring is 1. The Morgan fingerprint density at radius 3 is 2.95 bits per heavy atom. The van der Waals surface area contributed by atoms with Crippen molar-refractivity contribution in [3.05, 3.63) is 35.8 Å². The van der Waals surface area contributed by atoms with E-state index in [2.05, 4.69) is 30.9 Å². The molecule has 104 valence electrons.